The van der Waals surface area contributed by atoms with Crippen LogP contribution in [0.3, 0.4) is 0 Å². The second-order valence-electron chi connectivity index (χ2n) is 9.09. The Kier molecular flexibility index (Phi) is 9.49. The number of anilines is 1. The van der Waals surface area contributed by atoms with Gasteiger partial charge in [-0.15, -0.1) is 0 Å². The van der Waals surface area contributed by atoms with Crippen molar-refractivity contribution in [3.05, 3.63) is 65.7 Å². The van der Waals surface area contributed by atoms with Gasteiger partial charge in [-0.1, -0.05) is 55.8 Å². The number of unbranched alkanes of at least 4 members (excludes halogenated alkanes) is 2. The monoisotopic (exact) mass is 450 g/mol. The van der Waals surface area contributed by atoms with Gasteiger partial charge in [0.05, 0.1) is 0 Å². The maximum Gasteiger partial charge on any atom is 0.303 e. The first-order valence-corrected chi connectivity index (χ1v) is 12.4. The van der Waals surface area contributed by atoms with E-state index in [0.29, 0.717) is 12.5 Å². The van der Waals surface area contributed by atoms with Crippen LogP contribution in [0.5, 0.6) is 0 Å². The molecule has 5 heteroatoms. The van der Waals surface area contributed by atoms with Gasteiger partial charge in [0.2, 0.25) is 5.91 Å². The highest BCUT2D eigenvalue weighted by Gasteiger charge is 2.30. The lowest BCUT2D eigenvalue weighted by Crippen LogP contribution is -2.48. The van der Waals surface area contributed by atoms with Crippen LogP contribution in [0, 0.1) is 0 Å². The molecule has 2 aromatic carbocycles. The maximum absolute atomic E-state index is 12.9. The number of carboxylic acid groups (broad SMARTS) is 1. The highest BCUT2D eigenvalue weighted by atomic mass is 16.4. The number of rotatable bonds is 11. The van der Waals surface area contributed by atoms with Crippen molar-refractivity contribution in [2.45, 2.75) is 77.3 Å². The van der Waals surface area contributed by atoms with Crippen molar-refractivity contribution in [3.63, 3.8) is 0 Å². The molecular formula is C28H38N2O3. The number of likely N-dealkylation sites (tertiary alicyclic amines) is 1. The van der Waals surface area contributed by atoms with E-state index in [1.54, 1.807) is 0 Å². The third-order valence-electron chi connectivity index (χ3n) is 6.84. The first-order chi connectivity index (χ1) is 16.0. The molecule has 0 radical (unpaired) electrons. The first kappa shape index (κ1) is 25.0. The zero-order chi connectivity index (χ0) is 23.6. The summed E-state index contributed by atoms with van der Waals surface area (Å²) in [6.07, 6.45) is 6.30. The van der Waals surface area contributed by atoms with Gasteiger partial charge in [-0.05, 0) is 62.3 Å². The third kappa shape index (κ3) is 7.16. The molecule has 0 spiro atoms. The predicted molar refractivity (Wildman–Crippen MR) is 133 cm³/mol. The second-order valence-corrected chi connectivity index (χ2v) is 9.09. The Bertz CT molecular complexity index is 874. The minimum atomic E-state index is -0.722. The van der Waals surface area contributed by atoms with Gasteiger partial charge < -0.3 is 10.0 Å². The Morgan fingerprint density at radius 3 is 2.27 bits per heavy atom. The van der Waals surface area contributed by atoms with Gasteiger partial charge in [0.25, 0.3) is 0 Å². The van der Waals surface area contributed by atoms with Crippen LogP contribution in [0.25, 0.3) is 0 Å². The number of carboxylic acids is 1. The summed E-state index contributed by atoms with van der Waals surface area (Å²) >= 11 is 0. The normalized spacial score (nSPS) is 15.8. The Morgan fingerprint density at radius 2 is 1.67 bits per heavy atom. The van der Waals surface area contributed by atoms with Gasteiger partial charge in [0.15, 0.2) is 0 Å². The molecule has 0 saturated carbocycles. The summed E-state index contributed by atoms with van der Waals surface area (Å²) in [4.78, 5) is 28.1. The van der Waals surface area contributed by atoms with E-state index in [1.165, 1.54) is 11.1 Å². The molecule has 5 nitrogen and oxygen atoms in total. The van der Waals surface area contributed by atoms with Crippen LogP contribution in [0.2, 0.25) is 0 Å². The van der Waals surface area contributed by atoms with Crippen LogP contribution in [0.15, 0.2) is 54.6 Å². The Morgan fingerprint density at radius 1 is 1.00 bits per heavy atom. The number of hydrogen-bond acceptors (Lipinski definition) is 3. The first-order valence-electron chi connectivity index (χ1n) is 12.4. The minimum Gasteiger partial charge on any atom is -0.481 e. The highest BCUT2D eigenvalue weighted by Crippen LogP contribution is 2.29. The molecule has 1 atom stereocenters. The number of carbonyl (C=O) groups excluding carboxylic acids is 1. The molecule has 0 aliphatic carbocycles. The number of carbonyl (C=O) groups is 2. The third-order valence-corrected chi connectivity index (χ3v) is 6.84. The summed E-state index contributed by atoms with van der Waals surface area (Å²) in [5, 5.41) is 8.74. The molecule has 178 valence electrons. The quantitative estimate of drug-likeness (QED) is 0.437. The molecule has 1 unspecified atom stereocenters. The van der Waals surface area contributed by atoms with Crippen LogP contribution < -0.4 is 4.90 Å². The molecule has 1 aliphatic heterocycles. The van der Waals surface area contributed by atoms with Crippen LogP contribution in [-0.4, -0.2) is 41.0 Å². The molecule has 1 aliphatic rings. The van der Waals surface area contributed by atoms with Crippen LogP contribution >= 0.6 is 0 Å². The van der Waals surface area contributed by atoms with E-state index in [4.69, 9.17) is 5.11 Å². The molecule has 3 rings (SSSR count). The standard InChI is InChI=1S/C28H38N2O3/c1-3-27(31)30(25-16-14-23(15-17-25)10-6-4-9-13-28(32)33)26-18-20-29(21-19-26)22(2)24-11-7-5-8-12-24/h5,7-8,11-12,14-17,22,26H,3-4,6,9-10,13,18-21H2,1-2H3,(H,32,33). The van der Waals surface area contributed by atoms with Crippen LogP contribution in [0.4, 0.5) is 5.69 Å². The lowest BCUT2D eigenvalue weighted by Gasteiger charge is -2.41. The van der Waals surface area contributed by atoms with Crippen molar-refractivity contribution >= 4 is 17.6 Å². The Balaban J connectivity index is 1.58. The molecule has 1 fully saturated rings. The van der Waals surface area contributed by atoms with E-state index >= 15 is 0 Å². The number of amides is 1. The van der Waals surface area contributed by atoms with Crippen LogP contribution in [0.1, 0.15) is 76.0 Å². The molecule has 1 amide bonds. The van der Waals surface area contributed by atoms with Gasteiger partial charge in [-0.25, -0.2) is 0 Å². The van der Waals surface area contributed by atoms with Crippen molar-refractivity contribution < 1.29 is 14.7 Å². The molecule has 33 heavy (non-hydrogen) atoms. The van der Waals surface area contributed by atoms with Crippen molar-refractivity contribution in [2.24, 2.45) is 0 Å². The molecule has 0 aromatic heterocycles. The van der Waals surface area contributed by atoms with E-state index in [-0.39, 0.29) is 18.4 Å². The van der Waals surface area contributed by atoms with Gasteiger partial charge >= 0.3 is 5.97 Å². The van der Waals surface area contributed by atoms with Crippen molar-refractivity contribution in [3.8, 4) is 0 Å². The average Bonchev–Trinajstić information content (AvgIpc) is 2.85. The van der Waals surface area contributed by atoms with Crippen LogP contribution in [-0.2, 0) is 16.0 Å². The molecule has 1 heterocycles. The summed E-state index contributed by atoms with van der Waals surface area (Å²) in [6.45, 7) is 6.18. The molecule has 0 bridgehead atoms. The summed E-state index contributed by atoms with van der Waals surface area (Å²) in [5.74, 6) is -0.536. The fraction of sp³-hybridized carbons (Fsp3) is 0.500. The van der Waals surface area contributed by atoms with E-state index in [2.05, 4.69) is 66.4 Å². The fourth-order valence-corrected chi connectivity index (χ4v) is 4.81. The molecule has 1 N–H and O–H groups in total. The minimum absolute atomic E-state index is 0.186. The predicted octanol–water partition coefficient (Wildman–Crippen LogP) is 5.84. The molecular weight excluding hydrogens is 412 g/mol. The zero-order valence-corrected chi connectivity index (χ0v) is 20.1. The summed E-state index contributed by atoms with van der Waals surface area (Å²) < 4.78 is 0. The number of piperidine rings is 1. The molecule has 1 saturated heterocycles. The van der Waals surface area contributed by atoms with Gasteiger partial charge in [-0.3, -0.25) is 14.5 Å². The average molecular weight is 451 g/mol. The lowest BCUT2D eigenvalue weighted by atomic mass is 9.98. The number of benzene rings is 2. The van der Waals surface area contributed by atoms with Gasteiger partial charge in [0, 0.05) is 43.7 Å². The maximum atomic E-state index is 12.9. The smallest absolute Gasteiger partial charge is 0.303 e. The second kappa shape index (κ2) is 12.5. The summed E-state index contributed by atoms with van der Waals surface area (Å²) in [5.41, 5.74) is 3.58. The van der Waals surface area contributed by atoms with Crippen molar-refractivity contribution in [1.82, 2.24) is 4.90 Å². The summed E-state index contributed by atoms with van der Waals surface area (Å²) in [7, 11) is 0. The molecule has 2 aromatic rings. The largest absolute Gasteiger partial charge is 0.481 e. The SMILES string of the molecule is CCC(=O)N(c1ccc(CCCCCC(=O)O)cc1)C1CCN(C(C)c2ccccc2)CC1. The fourth-order valence-electron chi connectivity index (χ4n) is 4.81. The Labute approximate surface area is 198 Å². The lowest BCUT2D eigenvalue weighted by molar-refractivity contribution is -0.137. The van der Waals surface area contributed by atoms with E-state index in [1.807, 2.05) is 11.8 Å². The van der Waals surface area contributed by atoms with E-state index in [9.17, 15) is 9.59 Å². The van der Waals surface area contributed by atoms with Gasteiger partial charge in [0.1, 0.15) is 0 Å². The Hall–Kier alpha value is -2.66. The van der Waals surface area contributed by atoms with Crippen molar-refractivity contribution in [1.29, 1.82) is 0 Å². The summed E-state index contributed by atoms with van der Waals surface area (Å²) in [6, 6.07) is 19.7. The van der Waals surface area contributed by atoms with Crippen molar-refractivity contribution in [2.75, 3.05) is 18.0 Å². The van der Waals surface area contributed by atoms with Gasteiger partial charge in [-0.2, -0.15) is 0 Å². The number of aliphatic carboxylic acids is 1. The topological polar surface area (TPSA) is 60.9 Å². The van der Waals surface area contributed by atoms with E-state index < -0.39 is 5.97 Å². The zero-order valence-electron chi connectivity index (χ0n) is 20.1. The highest BCUT2D eigenvalue weighted by molar-refractivity contribution is 5.93. The van der Waals surface area contributed by atoms with E-state index in [0.717, 1.165) is 57.3 Å². The number of hydrogen-bond donors (Lipinski definition) is 1. The number of nitrogens with zero attached hydrogens (tertiary/aromatic N) is 2. The number of aryl methyl sites for hydroxylation is 1.